The van der Waals surface area contributed by atoms with Crippen LogP contribution >= 0.6 is 0 Å². The molecule has 2 N–H and O–H groups in total. The molecule has 1 saturated heterocycles. The molecule has 0 amide bonds. The molecule has 1 aliphatic heterocycles. The highest BCUT2D eigenvalue weighted by atomic mass is 32.2. The van der Waals surface area contributed by atoms with Crippen LogP contribution in [0.1, 0.15) is 11.3 Å². The van der Waals surface area contributed by atoms with Crippen molar-refractivity contribution >= 4 is 38.9 Å². The van der Waals surface area contributed by atoms with Crippen LogP contribution in [0.2, 0.25) is 0 Å². The van der Waals surface area contributed by atoms with Crippen molar-refractivity contribution in [3.05, 3.63) is 107 Å². The first-order valence-electron chi connectivity index (χ1n) is 13.1. The molecular weight excluding hydrogens is 540 g/mol. The number of sulfonamides is 1. The molecule has 0 atom stereocenters. The molecular formula is C29H28N8O3S. The minimum atomic E-state index is -3.59. The monoisotopic (exact) mass is 568 g/mol. The van der Waals surface area contributed by atoms with Crippen LogP contribution in [0.4, 0.5) is 11.6 Å². The van der Waals surface area contributed by atoms with Gasteiger partial charge in [-0.15, -0.1) is 0 Å². The van der Waals surface area contributed by atoms with Gasteiger partial charge in [-0.05, 0) is 43.3 Å². The normalized spacial score (nSPS) is 14.6. The van der Waals surface area contributed by atoms with E-state index in [0.29, 0.717) is 37.2 Å². The van der Waals surface area contributed by atoms with Gasteiger partial charge < -0.3 is 9.88 Å². The molecule has 1 aliphatic rings. The van der Waals surface area contributed by atoms with Crippen molar-refractivity contribution < 1.29 is 8.42 Å². The van der Waals surface area contributed by atoms with E-state index in [1.165, 1.54) is 4.31 Å². The van der Waals surface area contributed by atoms with Crippen molar-refractivity contribution in [3.63, 3.8) is 0 Å². The van der Waals surface area contributed by atoms with E-state index in [0.717, 1.165) is 22.8 Å². The maximum absolute atomic E-state index is 13.2. The van der Waals surface area contributed by atoms with E-state index >= 15 is 0 Å². The maximum atomic E-state index is 13.2. The third kappa shape index (κ3) is 5.22. The van der Waals surface area contributed by atoms with E-state index in [2.05, 4.69) is 25.4 Å². The minimum absolute atomic E-state index is 0.0781. The van der Waals surface area contributed by atoms with Gasteiger partial charge in [0.05, 0.1) is 39.1 Å². The number of para-hydroxylation sites is 3. The summed E-state index contributed by atoms with van der Waals surface area (Å²) in [6, 6.07) is 25.5. The number of aromatic nitrogens is 4. The number of fused-ring (bicyclic) bond motifs is 1. The largest absolute Gasteiger partial charge is 0.353 e. The number of nitrogens with zero attached hydrogens (tertiary/aromatic N) is 6. The first-order valence-corrected chi connectivity index (χ1v) is 14.6. The molecule has 0 aliphatic carbocycles. The van der Waals surface area contributed by atoms with Crippen LogP contribution in [0.3, 0.4) is 0 Å². The summed E-state index contributed by atoms with van der Waals surface area (Å²) >= 11 is 0. The van der Waals surface area contributed by atoms with Crippen molar-refractivity contribution in [2.45, 2.75) is 11.8 Å². The van der Waals surface area contributed by atoms with Gasteiger partial charge in [-0.25, -0.2) is 18.1 Å². The summed E-state index contributed by atoms with van der Waals surface area (Å²) in [4.78, 5) is 22.1. The number of aryl methyl sites for hydroxylation is 1. The fourth-order valence-electron chi connectivity index (χ4n) is 4.88. The fourth-order valence-corrected chi connectivity index (χ4v) is 6.32. The van der Waals surface area contributed by atoms with E-state index in [1.54, 1.807) is 42.6 Å². The minimum Gasteiger partial charge on any atom is -0.353 e. The van der Waals surface area contributed by atoms with Gasteiger partial charge in [0.25, 0.3) is 5.56 Å². The number of hydrogen-bond acceptors (Lipinski definition) is 8. The number of rotatable bonds is 7. The first kappa shape index (κ1) is 26.4. The lowest BCUT2D eigenvalue weighted by atomic mass is 10.2. The third-order valence-corrected chi connectivity index (χ3v) is 8.88. The molecule has 3 aromatic carbocycles. The van der Waals surface area contributed by atoms with Crippen LogP contribution < -0.4 is 15.9 Å². The highest BCUT2D eigenvalue weighted by Gasteiger charge is 2.31. The predicted octanol–water partition coefficient (Wildman–Crippen LogP) is 3.37. The van der Waals surface area contributed by atoms with E-state index in [-0.39, 0.29) is 16.3 Å². The summed E-state index contributed by atoms with van der Waals surface area (Å²) in [7, 11) is -3.59. The van der Waals surface area contributed by atoms with Gasteiger partial charge in [0.15, 0.2) is 0 Å². The topological polar surface area (TPSA) is 129 Å². The molecule has 3 heterocycles. The van der Waals surface area contributed by atoms with Gasteiger partial charge in [-0.2, -0.15) is 14.5 Å². The molecule has 2 aromatic heterocycles. The standard InChI is InChI=1S/C29H28N8O3S/c1-21-24(20-30-33-27-28(38)32-26-15-9-8-14-25(26)31-27)29(37(34-21)22-10-4-2-5-11-22)35-16-18-36(19-17-35)41(39,40)23-12-6-3-7-13-23/h2-15,20H,16-19H2,1H3,(H,31,33)(H,32,38)/b30-20+. The lowest BCUT2D eigenvalue weighted by molar-refractivity contribution is 0.383. The van der Waals surface area contributed by atoms with Gasteiger partial charge >= 0.3 is 0 Å². The number of anilines is 2. The van der Waals surface area contributed by atoms with Gasteiger partial charge in [0.1, 0.15) is 5.82 Å². The lowest BCUT2D eigenvalue weighted by Gasteiger charge is -2.35. The fraction of sp³-hybridized carbons (Fsp3) is 0.172. The summed E-state index contributed by atoms with van der Waals surface area (Å²) < 4.78 is 29.8. The number of H-pyrrole nitrogens is 1. The number of hydrogen-bond donors (Lipinski definition) is 2. The van der Waals surface area contributed by atoms with Crippen LogP contribution in [0.5, 0.6) is 0 Å². The second-order valence-electron chi connectivity index (χ2n) is 9.58. The van der Waals surface area contributed by atoms with Crippen molar-refractivity contribution in [1.29, 1.82) is 0 Å². The Morgan fingerprint density at radius 3 is 2.29 bits per heavy atom. The Labute approximate surface area is 236 Å². The molecule has 6 rings (SSSR count). The number of hydrazone groups is 1. The number of piperazine rings is 1. The number of nitrogens with one attached hydrogen (secondary N) is 2. The molecule has 1 fully saturated rings. The zero-order chi connectivity index (χ0) is 28.4. The summed E-state index contributed by atoms with van der Waals surface area (Å²) in [6.07, 6.45) is 1.63. The van der Waals surface area contributed by atoms with E-state index in [1.807, 2.05) is 60.1 Å². The second kappa shape index (κ2) is 11.0. The Morgan fingerprint density at radius 1 is 0.902 bits per heavy atom. The Kier molecular flexibility index (Phi) is 7.08. The summed E-state index contributed by atoms with van der Waals surface area (Å²) in [5.74, 6) is 0.866. The highest BCUT2D eigenvalue weighted by molar-refractivity contribution is 7.89. The van der Waals surface area contributed by atoms with Crippen molar-refractivity contribution in [3.8, 4) is 5.69 Å². The molecule has 0 unspecified atom stereocenters. The summed E-state index contributed by atoms with van der Waals surface area (Å²) in [5, 5.41) is 9.15. The van der Waals surface area contributed by atoms with Crippen LogP contribution in [-0.2, 0) is 10.0 Å². The van der Waals surface area contributed by atoms with E-state index in [9.17, 15) is 13.2 Å². The van der Waals surface area contributed by atoms with Crippen LogP contribution in [0.15, 0.2) is 99.7 Å². The number of aromatic amines is 1. The lowest BCUT2D eigenvalue weighted by Crippen LogP contribution is -2.49. The third-order valence-electron chi connectivity index (χ3n) is 6.96. The average Bonchev–Trinajstić information content (AvgIpc) is 3.34. The smallest absolute Gasteiger partial charge is 0.293 e. The quantitative estimate of drug-likeness (QED) is 0.228. The van der Waals surface area contributed by atoms with Gasteiger partial charge in [-0.1, -0.05) is 48.5 Å². The zero-order valence-corrected chi connectivity index (χ0v) is 23.1. The van der Waals surface area contributed by atoms with Gasteiger partial charge in [0.2, 0.25) is 15.8 Å². The van der Waals surface area contributed by atoms with Crippen molar-refractivity contribution in [2.24, 2.45) is 5.10 Å². The van der Waals surface area contributed by atoms with Crippen molar-refractivity contribution in [1.82, 2.24) is 24.1 Å². The molecule has 12 heteroatoms. The molecule has 0 bridgehead atoms. The van der Waals surface area contributed by atoms with Crippen LogP contribution in [0.25, 0.3) is 16.7 Å². The number of benzene rings is 3. The first-order chi connectivity index (χ1) is 19.9. The van der Waals surface area contributed by atoms with E-state index < -0.39 is 10.0 Å². The van der Waals surface area contributed by atoms with Crippen LogP contribution in [0, 0.1) is 6.92 Å². The molecule has 0 radical (unpaired) electrons. The predicted molar refractivity (Wildman–Crippen MR) is 159 cm³/mol. The van der Waals surface area contributed by atoms with Crippen molar-refractivity contribution in [2.75, 3.05) is 36.5 Å². The van der Waals surface area contributed by atoms with Crippen LogP contribution in [-0.4, -0.2) is 64.9 Å². The Bertz CT molecular complexity index is 1880. The molecule has 0 saturated carbocycles. The summed E-state index contributed by atoms with van der Waals surface area (Å²) in [6.45, 7) is 3.46. The molecule has 5 aromatic rings. The Hall–Kier alpha value is -4.81. The average molecular weight is 569 g/mol. The SMILES string of the molecule is Cc1nn(-c2ccccc2)c(N2CCN(S(=O)(=O)c3ccccc3)CC2)c1/C=N/Nc1nc2ccccc2[nH]c1=O. The molecule has 0 spiro atoms. The highest BCUT2D eigenvalue weighted by Crippen LogP contribution is 2.28. The molecule has 41 heavy (non-hydrogen) atoms. The molecule has 11 nitrogen and oxygen atoms in total. The Morgan fingerprint density at radius 2 is 1.56 bits per heavy atom. The maximum Gasteiger partial charge on any atom is 0.293 e. The summed E-state index contributed by atoms with van der Waals surface area (Å²) in [5.41, 5.74) is 6.02. The Balaban J connectivity index is 1.30. The van der Waals surface area contributed by atoms with Gasteiger partial charge in [0, 0.05) is 26.2 Å². The van der Waals surface area contributed by atoms with Gasteiger partial charge in [-0.3, -0.25) is 10.2 Å². The zero-order valence-electron chi connectivity index (χ0n) is 22.3. The van der Waals surface area contributed by atoms with E-state index in [4.69, 9.17) is 5.10 Å². The molecule has 208 valence electrons. The second-order valence-corrected chi connectivity index (χ2v) is 11.5.